The molecule has 1 atom stereocenters. The normalized spacial score (nSPS) is 18.9. The van der Waals surface area contributed by atoms with Gasteiger partial charge in [0.1, 0.15) is 0 Å². The number of carbonyl (C=O) groups excluding carboxylic acids is 1. The molecule has 2 heterocycles. The van der Waals surface area contributed by atoms with Crippen molar-refractivity contribution in [2.75, 3.05) is 38.3 Å². The summed E-state index contributed by atoms with van der Waals surface area (Å²) in [4.78, 5) is 14.1. The van der Waals surface area contributed by atoms with Gasteiger partial charge in [0, 0.05) is 26.7 Å². The molecule has 1 saturated heterocycles. The van der Waals surface area contributed by atoms with Crippen LogP contribution < -0.4 is 10.2 Å². The number of hydrogen-bond donors (Lipinski definition) is 1. The molecule has 110 valence electrons. The maximum absolute atomic E-state index is 12.1. The number of anilines is 1. The lowest BCUT2D eigenvalue weighted by Crippen LogP contribution is -2.44. The van der Waals surface area contributed by atoms with Crippen LogP contribution in [-0.2, 0) is 9.53 Å². The first-order valence-corrected chi connectivity index (χ1v) is 7.09. The van der Waals surface area contributed by atoms with E-state index in [1.807, 2.05) is 6.07 Å². The van der Waals surface area contributed by atoms with Crippen molar-refractivity contribution >= 4 is 23.3 Å². The summed E-state index contributed by atoms with van der Waals surface area (Å²) < 4.78 is 4.93. The minimum Gasteiger partial charge on any atom is -0.383 e. The van der Waals surface area contributed by atoms with Crippen molar-refractivity contribution in [2.24, 2.45) is 5.92 Å². The SMILES string of the molecule is COCCNC(=O)[C@H]1CCCN(c2ccc(Cl)nn2)C1. The highest BCUT2D eigenvalue weighted by Crippen LogP contribution is 2.21. The molecule has 1 amide bonds. The number of carbonyl (C=O) groups is 1. The van der Waals surface area contributed by atoms with Gasteiger partial charge in [0.15, 0.2) is 11.0 Å². The lowest BCUT2D eigenvalue weighted by molar-refractivity contribution is -0.125. The molecule has 0 radical (unpaired) electrons. The average molecular weight is 299 g/mol. The average Bonchev–Trinajstić information content (AvgIpc) is 2.48. The van der Waals surface area contributed by atoms with Gasteiger partial charge in [-0.25, -0.2) is 0 Å². The maximum Gasteiger partial charge on any atom is 0.224 e. The number of nitrogens with zero attached hydrogens (tertiary/aromatic N) is 3. The summed E-state index contributed by atoms with van der Waals surface area (Å²) in [6, 6.07) is 3.55. The minimum atomic E-state index is -0.0157. The van der Waals surface area contributed by atoms with Crippen molar-refractivity contribution in [2.45, 2.75) is 12.8 Å². The van der Waals surface area contributed by atoms with Crippen LogP contribution in [0, 0.1) is 5.92 Å². The second-order valence-corrected chi connectivity index (χ2v) is 5.17. The molecule has 1 aromatic heterocycles. The zero-order chi connectivity index (χ0) is 14.4. The second-order valence-electron chi connectivity index (χ2n) is 4.78. The third-order valence-corrected chi connectivity index (χ3v) is 3.54. The molecule has 1 aliphatic heterocycles. The van der Waals surface area contributed by atoms with Crippen molar-refractivity contribution in [1.82, 2.24) is 15.5 Å². The third kappa shape index (κ3) is 4.05. The van der Waals surface area contributed by atoms with E-state index in [9.17, 15) is 4.79 Å². The van der Waals surface area contributed by atoms with Crippen molar-refractivity contribution in [3.05, 3.63) is 17.3 Å². The topological polar surface area (TPSA) is 67.3 Å². The van der Waals surface area contributed by atoms with E-state index in [1.54, 1.807) is 13.2 Å². The molecule has 1 aromatic rings. The molecule has 0 aromatic carbocycles. The van der Waals surface area contributed by atoms with Gasteiger partial charge >= 0.3 is 0 Å². The van der Waals surface area contributed by atoms with Crippen LogP contribution >= 0.6 is 11.6 Å². The number of amides is 1. The maximum atomic E-state index is 12.1. The molecule has 0 aliphatic carbocycles. The molecule has 20 heavy (non-hydrogen) atoms. The minimum absolute atomic E-state index is 0.0157. The first-order valence-electron chi connectivity index (χ1n) is 6.71. The van der Waals surface area contributed by atoms with Crippen molar-refractivity contribution in [1.29, 1.82) is 0 Å². The van der Waals surface area contributed by atoms with Gasteiger partial charge < -0.3 is 15.0 Å². The van der Waals surface area contributed by atoms with Crippen LogP contribution in [-0.4, -0.2) is 49.5 Å². The van der Waals surface area contributed by atoms with Gasteiger partial charge in [-0.1, -0.05) is 11.6 Å². The van der Waals surface area contributed by atoms with Crippen molar-refractivity contribution in [3.63, 3.8) is 0 Å². The molecule has 7 heteroatoms. The van der Waals surface area contributed by atoms with E-state index < -0.39 is 0 Å². The molecule has 0 saturated carbocycles. The Kier molecular flexibility index (Phi) is 5.55. The lowest BCUT2D eigenvalue weighted by Gasteiger charge is -2.32. The summed E-state index contributed by atoms with van der Waals surface area (Å²) in [5.74, 6) is 0.829. The Morgan fingerprint density at radius 3 is 3.10 bits per heavy atom. The molecule has 1 N–H and O–H groups in total. The molecule has 2 rings (SSSR count). The van der Waals surface area contributed by atoms with Gasteiger partial charge in [-0.2, -0.15) is 0 Å². The summed E-state index contributed by atoms with van der Waals surface area (Å²) >= 11 is 5.73. The van der Waals surface area contributed by atoms with Gasteiger partial charge in [-0.3, -0.25) is 4.79 Å². The molecule has 0 spiro atoms. The molecule has 1 aliphatic rings. The number of aromatic nitrogens is 2. The van der Waals surface area contributed by atoms with Crippen LogP contribution in [0.2, 0.25) is 5.15 Å². The standard InChI is InChI=1S/C13H19ClN4O2/c1-20-8-6-15-13(19)10-3-2-7-18(9-10)12-5-4-11(14)16-17-12/h4-5,10H,2-3,6-9H2,1H3,(H,15,19)/t10-/m0/s1. The number of methoxy groups -OCH3 is 1. The first kappa shape index (κ1) is 15.0. The van der Waals surface area contributed by atoms with E-state index in [4.69, 9.17) is 16.3 Å². The molecule has 1 fully saturated rings. The highest BCUT2D eigenvalue weighted by Gasteiger charge is 2.26. The smallest absolute Gasteiger partial charge is 0.224 e. The monoisotopic (exact) mass is 298 g/mol. The number of piperidine rings is 1. The molecular formula is C13H19ClN4O2. The molecular weight excluding hydrogens is 280 g/mol. The van der Waals surface area contributed by atoms with E-state index in [0.29, 0.717) is 24.8 Å². The van der Waals surface area contributed by atoms with Gasteiger partial charge in [-0.15, -0.1) is 10.2 Å². The number of halogens is 1. The first-order chi connectivity index (χ1) is 9.70. The number of rotatable bonds is 5. The van der Waals surface area contributed by atoms with Gasteiger partial charge in [0.2, 0.25) is 5.91 Å². The summed E-state index contributed by atoms with van der Waals surface area (Å²) in [5, 5.41) is 11.2. The highest BCUT2D eigenvalue weighted by atomic mass is 35.5. The molecule has 0 unspecified atom stereocenters. The fourth-order valence-electron chi connectivity index (χ4n) is 2.30. The van der Waals surface area contributed by atoms with E-state index in [-0.39, 0.29) is 11.8 Å². The second kappa shape index (κ2) is 7.40. The predicted molar refractivity (Wildman–Crippen MR) is 76.9 cm³/mol. The van der Waals surface area contributed by atoms with E-state index in [1.165, 1.54) is 0 Å². The van der Waals surface area contributed by atoms with Crippen LogP contribution in [0.3, 0.4) is 0 Å². The van der Waals surface area contributed by atoms with Crippen LogP contribution in [0.1, 0.15) is 12.8 Å². The van der Waals surface area contributed by atoms with E-state index in [0.717, 1.165) is 25.2 Å². The van der Waals surface area contributed by atoms with E-state index in [2.05, 4.69) is 20.4 Å². The van der Waals surface area contributed by atoms with Crippen LogP contribution in [0.15, 0.2) is 12.1 Å². The predicted octanol–water partition coefficient (Wildman–Crippen LogP) is 1.11. The Morgan fingerprint density at radius 2 is 2.40 bits per heavy atom. The highest BCUT2D eigenvalue weighted by molar-refractivity contribution is 6.29. The third-order valence-electron chi connectivity index (χ3n) is 3.34. The van der Waals surface area contributed by atoms with Crippen LogP contribution in [0.4, 0.5) is 5.82 Å². The molecule has 6 nitrogen and oxygen atoms in total. The Bertz CT molecular complexity index is 441. The zero-order valence-electron chi connectivity index (χ0n) is 11.5. The quantitative estimate of drug-likeness (QED) is 0.825. The van der Waals surface area contributed by atoms with Crippen molar-refractivity contribution < 1.29 is 9.53 Å². The summed E-state index contributed by atoms with van der Waals surface area (Å²) in [5.41, 5.74) is 0. The summed E-state index contributed by atoms with van der Waals surface area (Å²) in [6.45, 7) is 2.63. The van der Waals surface area contributed by atoms with Crippen LogP contribution in [0.25, 0.3) is 0 Å². The number of hydrogen-bond acceptors (Lipinski definition) is 5. The Morgan fingerprint density at radius 1 is 1.55 bits per heavy atom. The fourth-order valence-corrected chi connectivity index (χ4v) is 2.40. The largest absolute Gasteiger partial charge is 0.383 e. The number of nitrogens with one attached hydrogen (secondary N) is 1. The molecule has 0 bridgehead atoms. The summed E-state index contributed by atoms with van der Waals surface area (Å²) in [7, 11) is 1.62. The van der Waals surface area contributed by atoms with Gasteiger partial charge in [-0.05, 0) is 25.0 Å². The Labute approximate surface area is 123 Å². The fraction of sp³-hybridized carbons (Fsp3) is 0.615. The van der Waals surface area contributed by atoms with Crippen LogP contribution in [0.5, 0.6) is 0 Å². The van der Waals surface area contributed by atoms with Gasteiger partial charge in [0.25, 0.3) is 0 Å². The van der Waals surface area contributed by atoms with Crippen molar-refractivity contribution in [3.8, 4) is 0 Å². The van der Waals surface area contributed by atoms with Gasteiger partial charge in [0.05, 0.1) is 12.5 Å². The zero-order valence-corrected chi connectivity index (χ0v) is 12.3. The van der Waals surface area contributed by atoms with E-state index >= 15 is 0 Å². The Hall–Kier alpha value is -1.40. The number of ether oxygens (including phenoxy) is 1. The Balaban J connectivity index is 1.91. The lowest BCUT2D eigenvalue weighted by atomic mass is 9.97. The summed E-state index contributed by atoms with van der Waals surface area (Å²) in [6.07, 6.45) is 1.86.